The molecule has 0 spiro atoms. The van der Waals surface area contributed by atoms with Crippen molar-refractivity contribution in [1.29, 1.82) is 0 Å². The fourth-order valence-corrected chi connectivity index (χ4v) is 4.16. The van der Waals surface area contributed by atoms with E-state index >= 15 is 0 Å². The zero-order chi connectivity index (χ0) is 13.1. The monoisotopic (exact) mass is 272 g/mol. The van der Waals surface area contributed by atoms with Gasteiger partial charge in [-0.25, -0.2) is 0 Å². The summed E-state index contributed by atoms with van der Waals surface area (Å²) < 4.78 is 0. The first-order valence-corrected chi connectivity index (χ1v) is 7.90. The topological polar surface area (TPSA) is 24.9 Å². The predicted octanol–water partition coefficient (Wildman–Crippen LogP) is 3.58. The Kier molecular flexibility index (Phi) is 3.95. The molecule has 2 aromatic rings. The molecule has 1 N–H and O–H groups in total. The molecule has 19 heavy (non-hydrogen) atoms. The Morgan fingerprint density at radius 2 is 2.11 bits per heavy atom. The van der Waals surface area contributed by atoms with Gasteiger partial charge in [0, 0.05) is 22.7 Å². The number of nitrogens with one attached hydrogen (secondary N) is 1. The number of aryl methyl sites for hydroxylation is 1. The average molecular weight is 272 g/mol. The first-order valence-electron chi connectivity index (χ1n) is 7.02. The Morgan fingerprint density at radius 3 is 2.74 bits per heavy atom. The van der Waals surface area contributed by atoms with Crippen molar-refractivity contribution in [2.75, 3.05) is 13.1 Å². The van der Waals surface area contributed by atoms with Gasteiger partial charge in [-0.05, 0) is 67.9 Å². The highest BCUT2D eigenvalue weighted by Gasteiger charge is 2.29. The van der Waals surface area contributed by atoms with Gasteiger partial charge < -0.3 is 5.32 Å². The van der Waals surface area contributed by atoms with Gasteiger partial charge in [-0.15, -0.1) is 11.3 Å². The van der Waals surface area contributed by atoms with Gasteiger partial charge in [0.25, 0.3) is 0 Å². The Hall–Kier alpha value is -1.19. The Balaban J connectivity index is 1.98. The van der Waals surface area contributed by atoms with E-state index in [0.717, 1.165) is 13.1 Å². The Bertz CT molecular complexity index is 515. The lowest BCUT2D eigenvalue weighted by molar-refractivity contribution is 0.341. The van der Waals surface area contributed by atoms with Crippen LogP contribution in [0.25, 0.3) is 0 Å². The number of aromatic nitrogens is 1. The van der Waals surface area contributed by atoms with Gasteiger partial charge in [0.05, 0.1) is 0 Å². The summed E-state index contributed by atoms with van der Waals surface area (Å²) in [5.41, 5.74) is 2.65. The molecule has 0 saturated carbocycles. The second-order valence-corrected chi connectivity index (χ2v) is 6.24. The molecule has 2 aromatic heterocycles. The van der Waals surface area contributed by atoms with E-state index in [1.165, 1.54) is 29.0 Å². The molecule has 100 valence electrons. The molecule has 1 fully saturated rings. The molecule has 1 unspecified atom stereocenters. The maximum absolute atomic E-state index is 4.64. The van der Waals surface area contributed by atoms with Gasteiger partial charge in [-0.1, -0.05) is 6.07 Å². The van der Waals surface area contributed by atoms with Gasteiger partial charge in [-0.3, -0.25) is 4.98 Å². The van der Waals surface area contributed by atoms with Crippen LogP contribution < -0.4 is 5.32 Å². The number of rotatable bonds is 3. The second-order valence-electron chi connectivity index (χ2n) is 5.29. The standard InChI is InChI=1S/C16H20N2S/c1-12-7-11-19-16(12)15(13-5-9-17-10-6-13)14-4-2-3-8-18-14/h2-4,7-8,11,13,15,17H,5-6,9-10H2,1H3. The van der Waals surface area contributed by atoms with E-state index in [-0.39, 0.29) is 0 Å². The Morgan fingerprint density at radius 1 is 1.26 bits per heavy atom. The van der Waals surface area contributed by atoms with Gasteiger partial charge in [0.15, 0.2) is 0 Å². The highest BCUT2D eigenvalue weighted by atomic mass is 32.1. The fourth-order valence-electron chi connectivity index (χ4n) is 3.03. The zero-order valence-electron chi connectivity index (χ0n) is 11.3. The summed E-state index contributed by atoms with van der Waals surface area (Å²) in [4.78, 5) is 6.14. The van der Waals surface area contributed by atoms with Crippen molar-refractivity contribution < 1.29 is 0 Å². The highest BCUT2D eigenvalue weighted by molar-refractivity contribution is 7.10. The van der Waals surface area contributed by atoms with Crippen LogP contribution in [-0.2, 0) is 0 Å². The highest BCUT2D eigenvalue weighted by Crippen LogP contribution is 2.39. The van der Waals surface area contributed by atoms with E-state index in [1.807, 2.05) is 23.6 Å². The van der Waals surface area contributed by atoms with Crippen molar-refractivity contribution in [2.45, 2.75) is 25.7 Å². The van der Waals surface area contributed by atoms with Crippen molar-refractivity contribution >= 4 is 11.3 Å². The van der Waals surface area contributed by atoms with Gasteiger partial charge in [0.2, 0.25) is 0 Å². The molecule has 1 atom stereocenters. The third kappa shape index (κ3) is 2.72. The number of thiophene rings is 1. The lowest BCUT2D eigenvalue weighted by Crippen LogP contribution is -2.31. The molecule has 1 aliphatic rings. The third-order valence-corrected chi connectivity index (χ3v) is 5.15. The molecule has 2 nitrogen and oxygen atoms in total. The minimum Gasteiger partial charge on any atom is -0.317 e. The van der Waals surface area contributed by atoms with Gasteiger partial charge in [0.1, 0.15) is 0 Å². The van der Waals surface area contributed by atoms with Crippen molar-refractivity contribution in [3.8, 4) is 0 Å². The molecule has 0 amide bonds. The SMILES string of the molecule is Cc1ccsc1C(c1ccccn1)C1CCNCC1. The summed E-state index contributed by atoms with van der Waals surface area (Å²) in [5, 5.41) is 5.67. The van der Waals surface area contributed by atoms with Crippen LogP contribution in [-0.4, -0.2) is 18.1 Å². The minimum atomic E-state index is 0.475. The lowest BCUT2D eigenvalue weighted by Gasteiger charge is -2.30. The van der Waals surface area contributed by atoms with Crippen LogP contribution in [0, 0.1) is 12.8 Å². The average Bonchev–Trinajstić information content (AvgIpc) is 2.88. The van der Waals surface area contributed by atoms with Gasteiger partial charge >= 0.3 is 0 Å². The number of nitrogens with zero attached hydrogens (tertiary/aromatic N) is 1. The maximum atomic E-state index is 4.64. The molecule has 0 aliphatic carbocycles. The lowest BCUT2D eigenvalue weighted by atomic mass is 9.80. The summed E-state index contributed by atoms with van der Waals surface area (Å²) >= 11 is 1.89. The first kappa shape index (κ1) is 12.8. The van der Waals surface area contributed by atoms with E-state index in [2.05, 4.69) is 40.8 Å². The van der Waals surface area contributed by atoms with E-state index in [9.17, 15) is 0 Å². The Labute approximate surface area is 118 Å². The maximum Gasteiger partial charge on any atom is 0.0489 e. The van der Waals surface area contributed by atoms with Crippen LogP contribution in [0.4, 0.5) is 0 Å². The summed E-state index contributed by atoms with van der Waals surface area (Å²) in [6.45, 7) is 4.50. The van der Waals surface area contributed by atoms with Crippen molar-refractivity contribution in [2.24, 2.45) is 5.92 Å². The molecular weight excluding hydrogens is 252 g/mol. The van der Waals surface area contributed by atoms with Gasteiger partial charge in [-0.2, -0.15) is 0 Å². The van der Waals surface area contributed by atoms with Crippen LogP contribution >= 0.6 is 11.3 Å². The third-order valence-electron chi connectivity index (χ3n) is 4.05. The van der Waals surface area contributed by atoms with Crippen LogP contribution in [0.2, 0.25) is 0 Å². The van der Waals surface area contributed by atoms with Crippen LogP contribution in [0.1, 0.15) is 34.9 Å². The quantitative estimate of drug-likeness (QED) is 0.923. The molecule has 0 aromatic carbocycles. The van der Waals surface area contributed by atoms with Crippen molar-refractivity contribution in [3.63, 3.8) is 0 Å². The number of piperidine rings is 1. The van der Waals surface area contributed by atoms with E-state index in [1.54, 1.807) is 0 Å². The van der Waals surface area contributed by atoms with Crippen LogP contribution in [0.15, 0.2) is 35.8 Å². The molecule has 3 heterocycles. The van der Waals surface area contributed by atoms with E-state index in [4.69, 9.17) is 0 Å². The summed E-state index contributed by atoms with van der Waals surface area (Å²) in [5.74, 6) is 1.19. The largest absolute Gasteiger partial charge is 0.317 e. The number of hydrogen-bond donors (Lipinski definition) is 1. The molecule has 3 rings (SSSR count). The molecule has 1 saturated heterocycles. The second kappa shape index (κ2) is 5.85. The summed E-state index contributed by atoms with van der Waals surface area (Å²) in [6, 6.07) is 8.53. The zero-order valence-corrected chi connectivity index (χ0v) is 12.1. The predicted molar refractivity (Wildman–Crippen MR) is 80.7 cm³/mol. The fraction of sp³-hybridized carbons (Fsp3) is 0.438. The van der Waals surface area contributed by atoms with E-state index in [0.29, 0.717) is 11.8 Å². The molecule has 0 bridgehead atoms. The molecule has 3 heteroatoms. The summed E-state index contributed by atoms with van der Waals surface area (Å²) in [7, 11) is 0. The van der Waals surface area contributed by atoms with Crippen LogP contribution in [0.3, 0.4) is 0 Å². The van der Waals surface area contributed by atoms with Crippen LogP contribution in [0.5, 0.6) is 0 Å². The number of hydrogen-bond acceptors (Lipinski definition) is 3. The first-order chi connectivity index (χ1) is 9.36. The smallest absolute Gasteiger partial charge is 0.0489 e. The molecule has 1 aliphatic heterocycles. The van der Waals surface area contributed by atoms with Crippen molar-refractivity contribution in [3.05, 3.63) is 52.0 Å². The van der Waals surface area contributed by atoms with E-state index < -0.39 is 0 Å². The molecule has 0 radical (unpaired) electrons. The number of pyridine rings is 1. The molecular formula is C16H20N2S. The van der Waals surface area contributed by atoms with Crippen molar-refractivity contribution in [1.82, 2.24) is 10.3 Å². The summed E-state index contributed by atoms with van der Waals surface area (Å²) in [6.07, 6.45) is 4.42. The minimum absolute atomic E-state index is 0.475. The normalized spacial score (nSPS) is 18.4.